The van der Waals surface area contributed by atoms with Crippen LogP contribution >= 0.6 is 0 Å². The van der Waals surface area contributed by atoms with Crippen molar-refractivity contribution in [3.63, 3.8) is 0 Å². The van der Waals surface area contributed by atoms with Crippen LogP contribution < -0.4 is 10.1 Å². The third-order valence-electron chi connectivity index (χ3n) is 4.02. The lowest BCUT2D eigenvalue weighted by molar-refractivity contribution is 0.414. The Balaban J connectivity index is 2.08. The molecule has 4 heteroatoms. The monoisotopic (exact) mass is 285 g/mol. The van der Waals surface area contributed by atoms with E-state index in [-0.39, 0.29) is 0 Å². The van der Waals surface area contributed by atoms with Crippen LogP contribution in [0.3, 0.4) is 0 Å². The molecule has 1 aromatic heterocycles. The van der Waals surface area contributed by atoms with Crippen molar-refractivity contribution in [3.8, 4) is 11.4 Å². The van der Waals surface area contributed by atoms with Crippen molar-refractivity contribution in [2.24, 2.45) is 0 Å². The minimum absolute atomic E-state index is 0.443. The molecule has 0 bridgehead atoms. The molecule has 0 spiro atoms. The molecule has 112 valence electrons. The van der Waals surface area contributed by atoms with Gasteiger partial charge < -0.3 is 10.1 Å². The van der Waals surface area contributed by atoms with Crippen LogP contribution in [0.2, 0.25) is 0 Å². The molecule has 0 radical (unpaired) electrons. The van der Waals surface area contributed by atoms with Gasteiger partial charge >= 0.3 is 0 Å². The van der Waals surface area contributed by atoms with Gasteiger partial charge in [0.2, 0.25) is 0 Å². The van der Waals surface area contributed by atoms with E-state index >= 15 is 0 Å². The zero-order chi connectivity index (χ0) is 14.8. The van der Waals surface area contributed by atoms with Crippen LogP contribution in [0.15, 0.2) is 24.3 Å². The second kappa shape index (κ2) is 5.80. The SMILES string of the molecule is COc1ccc(-n2nc(C(C)C)c3c2NCCCC3)cc1. The maximum atomic E-state index is 5.24. The quantitative estimate of drug-likeness (QED) is 0.933. The minimum Gasteiger partial charge on any atom is -0.497 e. The van der Waals surface area contributed by atoms with E-state index in [1.807, 2.05) is 12.1 Å². The fourth-order valence-corrected chi connectivity index (χ4v) is 2.90. The lowest BCUT2D eigenvalue weighted by Gasteiger charge is -2.09. The van der Waals surface area contributed by atoms with E-state index in [0.717, 1.165) is 24.4 Å². The molecule has 3 rings (SSSR count). The van der Waals surface area contributed by atoms with Gasteiger partial charge in [0.1, 0.15) is 11.6 Å². The second-order valence-corrected chi connectivity index (χ2v) is 5.86. The van der Waals surface area contributed by atoms with Crippen molar-refractivity contribution in [1.82, 2.24) is 9.78 Å². The van der Waals surface area contributed by atoms with Gasteiger partial charge in [-0.25, -0.2) is 4.68 Å². The number of nitrogens with one attached hydrogen (secondary N) is 1. The van der Waals surface area contributed by atoms with Gasteiger partial charge in [-0.1, -0.05) is 13.8 Å². The van der Waals surface area contributed by atoms with Crippen molar-refractivity contribution >= 4 is 5.82 Å². The number of nitrogens with zero attached hydrogens (tertiary/aromatic N) is 2. The number of ether oxygens (including phenoxy) is 1. The standard InChI is InChI=1S/C17H23N3O/c1-12(2)16-15-6-4-5-11-18-17(15)20(19-16)13-7-9-14(21-3)10-8-13/h7-10,12,18H,4-6,11H2,1-3H3. The molecule has 0 saturated carbocycles. The predicted molar refractivity (Wildman–Crippen MR) is 85.6 cm³/mol. The number of rotatable bonds is 3. The first-order chi connectivity index (χ1) is 10.2. The second-order valence-electron chi connectivity index (χ2n) is 5.86. The fraction of sp³-hybridized carbons (Fsp3) is 0.471. The number of anilines is 1. The van der Waals surface area contributed by atoms with Crippen LogP contribution in [-0.4, -0.2) is 23.4 Å². The summed E-state index contributed by atoms with van der Waals surface area (Å²) < 4.78 is 7.29. The number of benzene rings is 1. The number of hydrogen-bond acceptors (Lipinski definition) is 3. The highest BCUT2D eigenvalue weighted by atomic mass is 16.5. The minimum atomic E-state index is 0.443. The Morgan fingerprint density at radius 1 is 1.19 bits per heavy atom. The first-order valence-corrected chi connectivity index (χ1v) is 7.71. The Kier molecular flexibility index (Phi) is 3.86. The first-order valence-electron chi connectivity index (χ1n) is 7.71. The van der Waals surface area contributed by atoms with Crippen LogP contribution in [0.5, 0.6) is 5.75 Å². The van der Waals surface area contributed by atoms with Crippen LogP contribution in [0, 0.1) is 0 Å². The van der Waals surface area contributed by atoms with E-state index in [1.165, 1.54) is 29.9 Å². The summed E-state index contributed by atoms with van der Waals surface area (Å²) in [6.45, 7) is 5.45. The van der Waals surface area contributed by atoms with E-state index in [9.17, 15) is 0 Å². The summed E-state index contributed by atoms with van der Waals surface area (Å²) in [6.07, 6.45) is 3.56. The Bertz CT molecular complexity index is 614. The third-order valence-corrected chi connectivity index (χ3v) is 4.02. The lowest BCUT2D eigenvalue weighted by Crippen LogP contribution is -2.07. The Hall–Kier alpha value is -1.97. The molecule has 0 amide bonds. The first kappa shape index (κ1) is 14.0. The summed E-state index contributed by atoms with van der Waals surface area (Å²) in [6, 6.07) is 8.08. The van der Waals surface area contributed by atoms with E-state index in [0.29, 0.717) is 5.92 Å². The zero-order valence-corrected chi connectivity index (χ0v) is 13.0. The lowest BCUT2D eigenvalue weighted by atomic mass is 10.0. The molecule has 2 heterocycles. The molecule has 1 aliphatic rings. The summed E-state index contributed by atoms with van der Waals surface area (Å²) in [5.74, 6) is 2.48. The summed E-state index contributed by atoms with van der Waals surface area (Å²) in [7, 11) is 1.69. The Morgan fingerprint density at radius 3 is 2.62 bits per heavy atom. The molecule has 0 saturated heterocycles. The molecule has 4 nitrogen and oxygen atoms in total. The molecule has 0 atom stereocenters. The average molecular weight is 285 g/mol. The van der Waals surface area contributed by atoms with Crippen molar-refractivity contribution in [1.29, 1.82) is 0 Å². The van der Waals surface area contributed by atoms with Gasteiger partial charge in [-0.3, -0.25) is 0 Å². The zero-order valence-electron chi connectivity index (χ0n) is 13.0. The van der Waals surface area contributed by atoms with Crippen LogP contribution in [0.4, 0.5) is 5.82 Å². The molecular formula is C17H23N3O. The number of fused-ring (bicyclic) bond motifs is 1. The molecule has 1 aliphatic heterocycles. The molecule has 21 heavy (non-hydrogen) atoms. The molecule has 0 fully saturated rings. The number of aromatic nitrogens is 2. The topological polar surface area (TPSA) is 39.1 Å². The van der Waals surface area contributed by atoms with E-state index in [1.54, 1.807) is 7.11 Å². The normalized spacial score (nSPS) is 14.5. The Morgan fingerprint density at radius 2 is 1.95 bits per heavy atom. The fourth-order valence-electron chi connectivity index (χ4n) is 2.90. The van der Waals surface area contributed by atoms with Crippen molar-refractivity contribution in [2.75, 3.05) is 19.0 Å². The van der Waals surface area contributed by atoms with Crippen LogP contribution in [-0.2, 0) is 6.42 Å². The summed E-state index contributed by atoms with van der Waals surface area (Å²) in [5.41, 5.74) is 3.68. The molecule has 1 N–H and O–H groups in total. The van der Waals surface area contributed by atoms with Crippen molar-refractivity contribution in [2.45, 2.75) is 39.0 Å². The average Bonchev–Trinajstić information content (AvgIpc) is 2.69. The summed E-state index contributed by atoms with van der Waals surface area (Å²) >= 11 is 0. The largest absolute Gasteiger partial charge is 0.497 e. The number of methoxy groups -OCH3 is 1. The van der Waals surface area contributed by atoms with Gasteiger partial charge in [-0.2, -0.15) is 5.10 Å². The smallest absolute Gasteiger partial charge is 0.133 e. The number of hydrogen-bond donors (Lipinski definition) is 1. The van der Waals surface area contributed by atoms with E-state index < -0.39 is 0 Å². The predicted octanol–water partition coefficient (Wildman–Crippen LogP) is 3.75. The van der Waals surface area contributed by atoms with Crippen molar-refractivity contribution < 1.29 is 4.74 Å². The molecule has 2 aromatic rings. The maximum Gasteiger partial charge on any atom is 0.133 e. The van der Waals surface area contributed by atoms with Crippen molar-refractivity contribution in [3.05, 3.63) is 35.5 Å². The van der Waals surface area contributed by atoms with Gasteiger partial charge in [0.15, 0.2) is 0 Å². The third kappa shape index (κ3) is 2.62. The molecule has 0 aliphatic carbocycles. The summed E-state index contributed by atoms with van der Waals surface area (Å²) in [4.78, 5) is 0. The highest BCUT2D eigenvalue weighted by Crippen LogP contribution is 2.32. The van der Waals surface area contributed by atoms with Gasteiger partial charge in [0, 0.05) is 12.1 Å². The summed E-state index contributed by atoms with van der Waals surface area (Å²) in [5, 5.41) is 8.44. The molecule has 1 aromatic carbocycles. The van der Waals surface area contributed by atoms with Gasteiger partial charge in [0.05, 0.1) is 18.5 Å². The van der Waals surface area contributed by atoms with Gasteiger partial charge in [-0.15, -0.1) is 0 Å². The highest BCUT2D eigenvalue weighted by Gasteiger charge is 2.22. The maximum absolute atomic E-state index is 5.24. The van der Waals surface area contributed by atoms with Gasteiger partial charge in [0.25, 0.3) is 0 Å². The molecular weight excluding hydrogens is 262 g/mol. The van der Waals surface area contributed by atoms with Crippen LogP contribution in [0.1, 0.15) is 43.9 Å². The van der Waals surface area contributed by atoms with E-state index in [4.69, 9.17) is 9.84 Å². The highest BCUT2D eigenvalue weighted by molar-refractivity contribution is 5.55. The van der Waals surface area contributed by atoms with Gasteiger partial charge in [-0.05, 0) is 49.4 Å². The van der Waals surface area contributed by atoms with E-state index in [2.05, 4.69) is 36.0 Å². The molecule has 0 unspecified atom stereocenters. The van der Waals surface area contributed by atoms with Crippen LogP contribution in [0.25, 0.3) is 5.69 Å². The Labute approximate surface area is 126 Å².